The molecule has 0 saturated heterocycles. The Balaban J connectivity index is 1.64. The lowest BCUT2D eigenvalue weighted by Gasteiger charge is -2.12. The summed E-state index contributed by atoms with van der Waals surface area (Å²) < 4.78 is 11.2. The van der Waals surface area contributed by atoms with Crippen LogP contribution in [0.15, 0.2) is 65.8 Å². The third-order valence-corrected chi connectivity index (χ3v) is 4.89. The number of nitrogens with two attached hydrogens (primary N) is 1. The summed E-state index contributed by atoms with van der Waals surface area (Å²) in [6, 6.07) is 17.4. The largest absolute Gasteiger partial charge is 0.493 e. The number of hydrogen-bond acceptors (Lipinski definition) is 5. The van der Waals surface area contributed by atoms with E-state index in [9.17, 15) is 4.79 Å². The lowest BCUT2D eigenvalue weighted by atomic mass is 10.2. The Bertz CT molecular complexity index is 1090. The number of para-hydroxylation sites is 1. The zero-order valence-electron chi connectivity index (χ0n) is 16.1. The molecule has 30 heavy (non-hydrogen) atoms. The Labute approximate surface area is 184 Å². The van der Waals surface area contributed by atoms with Gasteiger partial charge in [-0.15, -0.1) is 0 Å². The Kier molecular flexibility index (Phi) is 7.17. The van der Waals surface area contributed by atoms with Gasteiger partial charge in [0, 0.05) is 5.69 Å². The first-order valence-corrected chi connectivity index (χ1v) is 9.66. The molecule has 3 rings (SSSR count). The number of hydrazone groups is 1. The molecule has 1 amide bonds. The average Bonchev–Trinajstić information content (AvgIpc) is 2.75. The number of anilines is 1. The van der Waals surface area contributed by atoms with Crippen LogP contribution in [0.1, 0.15) is 21.5 Å². The zero-order valence-corrected chi connectivity index (χ0v) is 17.6. The average molecular weight is 444 g/mol. The number of carbonyl (C=O) groups is 1. The van der Waals surface area contributed by atoms with Gasteiger partial charge in [0.05, 0.1) is 28.9 Å². The minimum atomic E-state index is -0.391. The SMILES string of the molecule is COc1cc(/C=N/NC(=O)c2ccccc2N)ccc1OCc1ccc(Cl)c(Cl)c1. The molecular weight excluding hydrogens is 425 g/mol. The molecule has 0 fully saturated rings. The fraction of sp³-hybridized carbons (Fsp3) is 0.0909. The number of methoxy groups -OCH3 is 1. The molecule has 154 valence electrons. The molecule has 0 bridgehead atoms. The lowest BCUT2D eigenvalue weighted by molar-refractivity contribution is 0.0956. The standard InChI is InChI=1S/C22H19Cl2N3O3/c1-29-21-11-14(12-26-27-22(28)16-4-2-3-5-19(16)25)7-9-20(21)30-13-15-6-8-17(23)18(24)10-15/h2-12H,13,25H2,1H3,(H,27,28)/b26-12+. The molecule has 0 saturated carbocycles. The maximum atomic E-state index is 12.1. The van der Waals surface area contributed by atoms with Crippen molar-refractivity contribution >= 4 is 41.0 Å². The topological polar surface area (TPSA) is 85.9 Å². The molecule has 6 nitrogen and oxygen atoms in total. The number of halogens is 2. The highest BCUT2D eigenvalue weighted by atomic mass is 35.5. The molecule has 0 aromatic heterocycles. The van der Waals surface area contributed by atoms with Gasteiger partial charge in [-0.2, -0.15) is 5.10 Å². The van der Waals surface area contributed by atoms with Gasteiger partial charge in [-0.3, -0.25) is 4.79 Å². The number of nitrogens with zero attached hydrogens (tertiary/aromatic N) is 1. The summed E-state index contributed by atoms with van der Waals surface area (Å²) in [6.07, 6.45) is 1.50. The van der Waals surface area contributed by atoms with Crippen molar-refractivity contribution in [1.29, 1.82) is 0 Å². The molecule has 0 atom stereocenters. The molecule has 0 radical (unpaired) electrons. The number of nitrogen functional groups attached to an aromatic ring is 1. The minimum Gasteiger partial charge on any atom is -0.493 e. The summed E-state index contributed by atoms with van der Waals surface area (Å²) in [6.45, 7) is 0.301. The Morgan fingerprint density at radius 1 is 1.07 bits per heavy atom. The van der Waals surface area contributed by atoms with Gasteiger partial charge in [0.1, 0.15) is 6.61 Å². The van der Waals surface area contributed by atoms with Gasteiger partial charge in [-0.25, -0.2) is 5.43 Å². The number of benzene rings is 3. The number of ether oxygens (including phenoxy) is 2. The van der Waals surface area contributed by atoms with Crippen LogP contribution in [0.3, 0.4) is 0 Å². The van der Waals surface area contributed by atoms with E-state index < -0.39 is 5.91 Å². The van der Waals surface area contributed by atoms with Crippen LogP contribution in [-0.2, 0) is 6.61 Å². The smallest absolute Gasteiger partial charge is 0.273 e. The van der Waals surface area contributed by atoms with Crippen molar-refractivity contribution in [3.8, 4) is 11.5 Å². The van der Waals surface area contributed by atoms with Crippen molar-refractivity contribution in [3.63, 3.8) is 0 Å². The van der Waals surface area contributed by atoms with Crippen LogP contribution in [-0.4, -0.2) is 19.2 Å². The van der Waals surface area contributed by atoms with E-state index in [-0.39, 0.29) is 0 Å². The van der Waals surface area contributed by atoms with Crippen molar-refractivity contribution in [2.24, 2.45) is 5.10 Å². The predicted molar refractivity (Wildman–Crippen MR) is 120 cm³/mol. The molecule has 3 N–H and O–H groups in total. The van der Waals surface area contributed by atoms with Gasteiger partial charge in [0.25, 0.3) is 5.91 Å². The summed E-state index contributed by atoms with van der Waals surface area (Å²) in [5.41, 5.74) is 10.6. The maximum absolute atomic E-state index is 12.1. The van der Waals surface area contributed by atoms with Gasteiger partial charge < -0.3 is 15.2 Å². The second kappa shape index (κ2) is 10.0. The number of carbonyl (C=O) groups excluding carboxylic acids is 1. The summed E-state index contributed by atoms with van der Waals surface area (Å²) in [5.74, 6) is 0.692. The third-order valence-electron chi connectivity index (χ3n) is 4.15. The molecule has 0 aliphatic carbocycles. The van der Waals surface area contributed by atoms with Crippen LogP contribution in [0.4, 0.5) is 5.69 Å². The van der Waals surface area contributed by atoms with Gasteiger partial charge in [0.2, 0.25) is 0 Å². The van der Waals surface area contributed by atoms with Crippen molar-refractivity contribution in [2.75, 3.05) is 12.8 Å². The summed E-state index contributed by atoms with van der Waals surface area (Å²) in [7, 11) is 1.54. The summed E-state index contributed by atoms with van der Waals surface area (Å²) in [4.78, 5) is 12.1. The zero-order chi connectivity index (χ0) is 21.5. The number of amides is 1. The highest BCUT2D eigenvalue weighted by molar-refractivity contribution is 6.42. The van der Waals surface area contributed by atoms with Crippen LogP contribution in [0, 0.1) is 0 Å². The van der Waals surface area contributed by atoms with Crippen LogP contribution >= 0.6 is 23.2 Å². The molecule has 0 aliphatic heterocycles. The van der Waals surface area contributed by atoms with Gasteiger partial charge >= 0.3 is 0 Å². The lowest BCUT2D eigenvalue weighted by Crippen LogP contribution is -2.19. The van der Waals surface area contributed by atoms with E-state index in [0.717, 1.165) is 11.1 Å². The number of hydrogen-bond donors (Lipinski definition) is 2. The van der Waals surface area contributed by atoms with Crippen LogP contribution < -0.4 is 20.6 Å². The minimum absolute atomic E-state index is 0.301. The van der Waals surface area contributed by atoms with Crippen molar-refractivity contribution in [3.05, 3.63) is 87.4 Å². The monoisotopic (exact) mass is 443 g/mol. The molecular formula is C22H19Cl2N3O3. The van der Waals surface area contributed by atoms with E-state index >= 15 is 0 Å². The van der Waals surface area contributed by atoms with E-state index in [4.69, 9.17) is 38.4 Å². The Morgan fingerprint density at radius 3 is 2.60 bits per heavy atom. The van der Waals surface area contributed by atoms with E-state index in [2.05, 4.69) is 10.5 Å². The quantitative estimate of drug-likeness (QED) is 0.308. The molecule has 3 aromatic rings. The van der Waals surface area contributed by atoms with Crippen molar-refractivity contribution in [2.45, 2.75) is 6.61 Å². The maximum Gasteiger partial charge on any atom is 0.273 e. The Hall–Kier alpha value is -3.22. The van der Waals surface area contributed by atoms with E-state index in [1.807, 2.05) is 6.07 Å². The molecule has 0 heterocycles. The van der Waals surface area contributed by atoms with Gasteiger partial charge in [-0.1, -0.05) is 41.4 Å². The summed E-state index contributed by atoms with van der Waals surface area (Å²) >= 11 is 12.0. The molecule has 0 unspecified atom stereocenters. The molecule has 0 aliphatic rings. The molecule has 3 aromatic carbocycles. The fourth-order valence-electron chi connectivity index (χ4n) is 2.60. The van der Waals surface area contributed by atoms with Gasteiger partial charge in [0.15, 0.2) is 11.5 Å². The fourth-order valence-corrected chi connectivity index (χ4v) is 2.92. The van der Waals surface area contributed by atoms with E-state index in [1.165, 1.54) is 6.21 Å². The predicted octanol–water partition coefficient (Wildman–Crippen LogP) is 4.93. The van der Waals surface area contributed by atoms with Crippen LogP contribution in [0.5, 0.6) is 11.5 Å². The second-order valence-corrected chi connectivity index (χ2v) is 7.05. The first kappa shape index (κ1) is 21.5. The first-order chi connectivity index (χ1) is 14.5. The second-order valence-electron chi connectivity index (χ2n) is 6.23. The third kappa shape index (κ3) is 5.43. The van der Waals surface area contributed by atoms with Crippen molar-refractivity contribution in [1.82, 2.24) is 5.43 Å². The van der Waals surface area contributed by atoms with E-state index in [1.54, 1.807) is 61.7 Å². The molecule has 8 heteroatoms. The normalized spacial score (nSPS) is 10.8. The summed E-state index contributed by atoms with van der Waals surface area (Å²) in [5, 5.41) is 4.93. The molecule has 0 spiro atoms. The number of nitrogens with one attached hydrogen (secondary N) is 1. The van der Waals surface area contributed by atoms with Gasteiger partial charge in [-0.05, 0) is 53.6 Å². The van der Waals surface area contributed by atoms with E-state index in [0.29, 0.717) is 39.4 Å². The van der Waals surface area contributed by atoms with Crippen LogP contribution in [0.25, 0.3) is 0 Å². The first-order valence-electron chi connectivity index (χ1n) is 8.90. The Morgan fingerprint density at radius 2 is 1.87 bits per heavy atom. The number of rotatable bonds is 7. The highest BCUT2D eigenvalue weighted by Gasteiger charge is 2.09. The van der Waals surface area contributed by atoms with Crippen molar-refractivity contribution < 1.29 is 14.3 Å². The highest BCUT2D eigenvalue weighted by Crippen LogP contribution is 2.29. The van der Waals surface area contributed by atoms with Crippen LogP contribution in [0.2, 0.25) is 10.0 Å².